The number of hydrogen-bond acceptors (Lipinski definition) is 15. The van der Waals surface area contributed by atoms with Crippen molar-refractivity contribution in [1.82, 2.24) is 0 Å². The molecule has 5 N–H and O–H groups in total. The fourth-order valence-corrected chi connectivity index (χ4v) is 20.4. The van der Waals surface area contributed by atoms with Crippen molar-refractivity contribution >= 4 is 69.5 Å². The number of benzene rings is 6. The molecule has 0 bridgehead atoms. The minimum Gasteiger partial charge on any atom is -0.593 e. The van der Waals surface area contributed by atoms with Crippen molar-refractivity contribution in [3.05, 3.63) is 270 Å². The van der Waals surface area contributed by atoms with Gasteiger partial charge in [0.25, 0.3) is 0 Å². The first-order valence-electron chi connectivity index (χ1n) is 48.8. The predicted octanol–water partition coefficient (Wildman–Crippen LogP) is 25.4. The van der Waals surface area contributed by atoms with E-state index in [2.05, 4.69) is 53.9 Å². The molecule has 5 radical (unpaired) electrons. The molecular weight excluding hydrogens is 2170 g/mol. The number of ketones is 6. The number of alkyl halides is 4. The zero-order valence-corrected chi connectivity index (χ0v) is 98.8. The molecule has 0 aliphatic heterocycles. The predicted molar refractivity (Wildman–Crippen MR) is 528 cm³/mol. The molecule has 6 aromatic carbocycles. The number of allylic oxidation sites excluding steroid dienone is 2. The first kappa shape index (κ1) is 130. The van der Waals surface area contributed by atoms with Crippen LogP contribution in [-0.2, 0) is 196 Å². The smallest absolute Gasteiger partial charge is 0.168 e. The Morgan fingerprint density at radius 3 is 1.36 bits per heavy atom. The summed E-state index contributed by atoms with van der Waals surface area (Å²) in [5, 5.41) is 52.1. The van der Waals surface area contributed by atoms with Crippen LogP contribution in [0.25, 0.3) is 0 Å². The van der Waals surface area contributed by atoms with Gasteiger partial charge in [0, 0.05) is 318 Å². The maximum absolute atomic E-state index is 14.4. The van der Waals surface area contributed by atoms with E-state index < -0.39 is 36.0 Å². The summed E-state index contributed by atoms with van der Waals surface area (Å²) in [4.78, 5) is 73.5. The van der Waals surface area contributed by atoms with Crippen LogP contribution in [0.3, 0.4) is 0 Å². The second kappa shape index (κ2) is 69.5. The van der Waals surface area contributed by atoms with Crippen LogP contribution in [0.1, 0.15) is 349 Å². The Kier molecular flexibility index (Phi) is 65.7. The van der Waals surface area contributed by atoms with Gasteiger partial charge in [0.15, 0.2) is 28.9 Å². The summed E-state index contributed by atoms with van der Waals surface area (Å²) >= 11 is 19.6. The van der Waals surface area contributed by atoms with Gasteiger partial charge in [-0.3, -0.25) is 28.8 Å². The normalized spacial score (nSPS) is 24.1. The molecule has 0 saturated heterocycles. The second-order valence-corrected chi connectivity index (χ2v) is 39.7. The second-order valence-electron chi connectivity index (χ2n) is 38.0. The van der Waals surface area contributed by atoms with E-state index in [4.69, 9.17) is 53.4 Å². The van der Waals surface area contributed by atoms with Crippen LogP contribution in [0.2, 0.25) is 0 Å². The number of rotatable bonds is 45. The minimum atomic E-state index is -1.000. The number of aliphatic hydroxyl groups is 5. The number of furan rings is 1. The minimum absolute atomic E-state index is 0. The van der Waals surface area contributed by atoms with Gasteiger partial charge in [-0.1, -0.05) is 259 Å². The molecular formula is C113H149Cl3FO15Y5-5. The molecule has 137 heavy (non-hydrogen) atoms. The fourth-order valence-electron chi connectivity index (χ4n) is 19.1. The number of Topliss-reactive ketones (excluding diaryl/α,β-unsaturated/α-hetero) is 6. The Bertz CT molecular complexity index is 4550. The summed E-state index contributed by atoms with van der Waals surface area (Å²) in [7, 11) is 0. The van der Waals surface area contributed by atoms with Crippen molar-refractivity contribution in [2.45, 2.75) is 324 Å². The van der Waals surface area contributed by atoms with Gasteiger partial charge in [0.1, 0.15) is 12.0 Å². The Morgan fingerprint density at radius 2 is 0.905 bits per heavy atom. The summed E-state index contributed by atoms with van der Waals surface area (Å²) < 4.78 is 36.8. The van der Waals surface area contributed by atoms with Gasteiger partial charge in [-0.05, 0) is 97.1 Å². The van der Waals surface area contributed by atoms with Crippen LogP contribution >= 0.6 is 34.8 Å². The Labute approximate surface area is 960 Å². The van der Waals surface area contributed by atoms with Crippen LogP contribution in [0.15, 0.2) is 174 Å². The zero-order chi connectivity index (χ0) is 95.8. The van der Waals surface area contributed by atoms with E-state index in [0.29, 0.717) is 113 Å². The van der Waals surface area contributed by atoms with E-state index in [1.54, 1.807) is 18.2 Å². The third-order valence-corrected chi connectivity index (χ3v) is 28.1. The molecule has 0 spiro atoms. The maximum Gasteiger partial charge on any atom is 0.168 e. The molecule has 7 aromatic rings. The van der Waals surface area contributed by atoms with Crippen molar-refractivity contribution in [2.75, 3.05) is 26.4 Å². The molecule has 5 fully saturated rings. The number of unbranched alkanes of at least 4 members (excludes halogenated alkanes) is 11. The topological polar surface area (TPSA) is 244 Å². The largest absolute Gasteiger partial charge is 0.593 e. The van der Waals surface area contributed by atoms with E-state index in [9.17, 15) is 58.7 Å². The van der Waals surface area contributed by atoms with Gasteiger partial charge in [-0.2, -0.15) is 55.7 Å². The number of carbonyl (C=O) groups excluding carboxylic acids is 6. The quantitative estimate of drug-likeness (QED) is 0.00783. The number of aliphatic hydroxyl groups excluding tert-OH is 5. The van der Waals surface area contributed by atoms with Crippen molar-refractivity contribution < 1.29 is 241 Å². The molecule has 739 valence electrons. The van der Waals surface area contributed by atoms with Crippen LogP contribution in [0.5, 0.6) is 0 Å². The van der Waals surface area contributed by atoms with Crippen molar-refractivity contribution in [1.29, 1.82) is 0 Å². The maximum atomic E-state index is 14.4. The molecule has 5 saturated carbocycles. The SMILES string of the molecule is CC(C)C(=O)c1ccc(C2C(COCc3cc[c-]o3)[C@H](Cl)C[C@H]2O)cc1.CCCCC(=O)c1ccc(C2C(COCc3c[c-]ccc3)[C@H](Cl)C[C@H]2O)cc1.[CH2-]CC/C=C\CC1C(c2ccc(C(=O)C(C)(C)C)cc2)[C@H](O)C[C@H]1F.[CH2-]CCCCCC1C(c2ccc(C(=O)CCCCCC)cc2)[C@H](O)C[C@H]1Cl.[CH2-]CCCOCC1C(=O)C[C@@H](O)C1c1ccc(C(=O)CCCCC)cc1.[Y].[Y].[Y].[Y].[Y]. The van der Waals surface area contributed by atoms with Crippen LogP contribution in [0, 0.1) is 74.0 Å². The fraction of sp³-hybridized carbons (Fsp3) is 0.549. The zero-order valence-electron chi connectivity index (χ0n) is 82.4. The van der Waals surface area contributed by atoms with E-state index in [-0.39, 0.29) is 293 Å². The summed E-state index contributed by atoms with van der Waals surface area (Å²) in [6, 6.07) is 52.1. The van der Waals surface area contributed by atoms with Crippen molar-refractivity contribution in [3.63, 3.8) is 0 Å². The first-order valence-corrected chi connectivity index (χ1v) is 50.1. The van der Waals surface area contributed by atoms with Gasteiger partial charge in [0.2, 0.25) is 0 Å². The molecule has 19 atom stereocenters. The van der Waals surface area contributed by atoms with Crippen molar-refractivity contribution in [2.24, 2.45) is 40.9 Å². The van der Waals surface area contributed by atoms with Crippen LogP contribution in [0.4, 0.5) is 4.39 Å². The Hall–Kier alpha value is -1.64. The van der Waals surface area contributed by atoms with Crippen LogP contribution < -0.4 is 0 Å². The van der Waals surface area contributed by atoms with Gasteiger partial charge < -0.3 is 64.9 Å². The molecule has 1 aromatic heterocycles. The molecule has 1 heterocycles. The van der Waals surface area contributed by atoms with E-state index in [1.807, 2.05) is 186 Å². The Balaban J connectivity index is 0.000000437. The van der Waals surface area contributed by atoms with E-state index >= 15 is 0 Å². The number of ether oxygens (including phenoxy) is 3. The summed E-state index contributed by atoms with van der Waals surface area (Å²) in [5.74, 6) is 0.701. The van der Waals surface area contributed by atoms with Gasteiger partial charge >= 0.3 is 0 Å². The van der Waals surface area contributed by atoms with E-state index in [0.717, 1.165) is 141 Å². The summed E-state index contributed by atoms with van der Waals surface area (Å²) in [6.45, 7) is 30.0. The van der Waals surface area contributed by atoms with Crippen LogP contribution in [-0.4, -0.2) is 139 Å². The molecule has 0 amide bonds. The molecule has 12 rings (SSSR count). The summed E-state index contributed by atoms with van der Waals surface area (Å²) in [6.07, 6.45) is 25.8. The first-order chi connectivity index (χ1) is 63.5. The molecule has 5 aliphatic rings. The van der Waals surface area contributed by atoms with Gasteiger partial charge in [-0.25, -0.2) is 4.39 Å². The van der Waals surface area contributed by atoms with E-state index in [1.165, 1.54) is 19.3 Å². The molecule has 24 heteroatoms. The summed E-state index contributed by atoms with van der Waals surface area (Å²) in [5.41, 5.74) is 9.16. The standard InChI is InChI=1S/C24H28ClO3.C24H36ClO2.C22H30FO2.C22H31O4.C21H24ClO4.5Y/c1-2-3-9-22(26)18-10-12-19(13-11-18)24-20(21(25)14-23(24)27)16-28-15-17-7-5-4-6-8-17;1-3-5-7-9-11-20-21(25)17-23(27)24(20)19-15-13-18(14-16-19)22(26)12-10-8-6-4-2;1-5-6-7-8-9-17-18(23)14-19(24)20(17)15-10-12-16(13-11-15)21(25)22(2,3)4;1-3-5-7-8-19(23)16-9-11-17(12-10-16)22-18(15-26-13-6-4-2)20(24)14-21(22)25;1-13(2)21(24)15-7-5-14(6-8-15)20-17(18(22)10-19(20)23)12-25-11-16-4-3-9-26-16;;;;;/h4-5,7-8,10-13,20-21,23-24,27H,2-3,9,14-16H2,1H3;13-16,20-21,23-24,27H,1,3-12,17H2,2H3;7-8,10-13,17-20,24H,1,5-6,9,14H2,2-4H3;9-12,18,21-22,25H,2-8,13-15H2,1H3;3-8,13,17-20,23H,10-12H2,1-2H3;;;;;/q5*-1;;;;;/b;;8-7-;;;;;;;/t2*20?,21-,23-,24?;17?,18-,19-,20?;18?,21-,22?;17?,18-,19-,20?;;;;;/m11111...../s1. The third-order valence-electron chi connectivity index (χ3n) is 26.6. The third kappa shape index (κ3) is 41.4. The van der Waals surface area contributed by atoms with Gasteiger partial charge in [-0.15, -0.1) is 46.4 Å². The average Bonchev–Trinajstić information content (AvgIpc) is 1.70. The monoisotopic (exact) mass is 2310 g/mol. The molecule has 5 aliphatic carbocycles. The number of carbonyl (C=O) groups is 6. The average molecular weight is 2320 g/mol. The Morgan fingerprint density at radius 1 is 0.474 bits per heavy atom. The molecule has 15 nitrogen and oxygen atoms in total. The van der Waals surface area contributed by atoms with Crippen molar-refractivity contribution in [3.8, 4) is 0 Å². The van der Waals surface area contributed by atoms with Gasteiger partial charge in [0.05, 0.1) is 56.3 Å². The number of hydrogen-bond donors (Lipinski definition) is 5. The molecule has 10 unspecified atom stereocenters. The number of halogens is 4.